The zero-order chi connectivity index (χ0) is 23.2. The first kappa shape index (κ1) is 28.7. The van der Waals surface area contributed by atoms with Crippen LogP contribution in [-0.2, 0) is 9.59 Å². The van der Waals surface area contributed by atoms with Crippen molar-refractivity contribution in [2.24, 2.45) is 0 Å². The van der Waals surface area contributed by atoms with E-state index in [1.54, 1.807) is 21.0 Å². The average molecular weight is 529 g/mol. The summed E-state index contributed by atoms with van der Waals surface area (Å²) in [6.07, 6.45) is 11.2. The molecular formula is C26H34O4Sn. The maximum atomic E-state index is 10.1. The van der Waals surface area contributed by atoms with Crippen molar-refractivity contribution in [3.05, 3.63) is 83.9 Å². The number of hydrogen-bond acceptors (Lipinski definition) is 2. The van der Waals surface area contributed by atoms with Crippen LogP contribution in [-0.4, -0.2) is 43.3 Å². The number of unbranched alkanes of at least 4 members (excludes halogenated alkanes) is 2. The summed E-state index contributed by atoms with van der Waals surface area (Å²) in [6, 6.07) is 18.6. The summed E-state index contributed by atoms with van der Waals surface area (Å²) in [5.41, 5.74) is 1.80. The summed E-state index contributed by atoms with van der Waals surface area (Å²) >= 11 is 0.149. The molecule has 5 heteroatoms. The van der Waals surface area contributed by atoms with Gasteiger partial charge in [-0.1, -0.05) is 60.7 Å². The first-order valence-electron chi connectivity index (χ1n) is 10.6. The molecule has 0 fully saturated rings. The number of hydrogen-bond donors (Lipinski definition) is 2. The largest absolute Gasteiger partial charge is 0.478 e. The van der Waals surface area contributed by atoms with Crippen molar-refractivity contribution in [3.8, 4) is 0 Å². The van der Waals surface area contributed by atoms with E-state index in [1.807, 2.05) is 60.7 Å². The normalized spacial score (nSPS) is 10.1. The van der Waals surface area contributed by atoms with Crippen LogP contribution in [0.5, 0.6) is 0 Å². The van der Waals surface area contributed by atoms with Gasteiger partial charge in [0, 0.05) is 12.2 Å². The van der Waals surface area contributed by atoms with E-state index in [0.29, 0.717) is 0 Å². The van der Waals surface area contributed by atoms with E-state index in [2.05, 4.69) is 13.8 Å². The van der Waals surface area contributed by atoms with Crippen molar-refractivity contribution in [3.63, 3.8) is 0 Å². The van der Waals surface area contributed by atoms with Crippen LogP contribution in [0.4, 0.5) is 0 Å². The second kappa shape index (κ2) is 20.9. The second-order valence-electron chi connectivity index (χ2n) is 6.62. The molecule has 0 heterocycles. The molecule has 0 aliphatic rings. The molecule has 2 aromatic rings. The van der Waals surface area contributed by atoms with Crippen molar-refractivity contribution in [2.45, 2.75) is 48.4 Å². The van der Waals surface area contributed by atoms with Gasteiger partial charge in [-0.3, -0.25) is 0 Å². The maximum Gasteiger partial charge on any atom is 0.328 e. The predicted octanol–water partition coefficient (Wildman–Crippen LogP) is 6.70. The molecule has 2 rings (SSSR count). The van der Waals surface area contributed by atoms with E-state index in [0.717, 1.165) is 23.3 Å². The Hall–Kier alpha value is -2.34. The molecule has 0 bridgehead atoms. The van der Waals surface area contributed by atoms with Crippen molar-refractivity contribution in [1.82, 2.24) is 0 Å². The van der Waals surface area contributed by atoms with Crippen molar-refractivity contribution < 1.29 is 19.8 Å². The number of rotatable bonds is 10. The van der Waals surface area contributed by atoms with E-state index in [1.165, 1.54) is 25.7 Å². The Morgan fingerprint density at radius 3 is 1.35 bits per heavy atom. The third-order valence-electron chi connectivity index (χ3n) is 3.85. The Morgan fingerprint density at radius 2 is 1.06 bits per heavy atom. The summed E-state index contributed by atoms with van der Waals surface area (Å²) in [5, 5.41) is 16.6. The van der Waals surface area contributed by atoms with Gasteiger partial charge in [0.05, 0.1) is 0 Å². The number of aliphatic carboxylic acids is 2. The Labute approximate surface area is 196 Å². The summed E-state index contributed by atoms with van der Waals surface area (Å²) < 4.78 is 3.25. The molecule has 0 aromatic heterocycles. The third kappa shape index (κ3) is 20.7. The van der Waals surface area contributed by atoms with Crippen molar-refractivity contribution >= 4 is 45.2 Å². The van der Waals surface area contributed by atoms with Crippen LogP contribution in [0, 0.1) is 0 Å². The minimum Gasteiger partial charge on any atom is -0.478 e. The smallest absolute Gasteiger partial charge is 0.328 e. The molecule has 0 spiro atoms. The van der Waals surface area contributed by atoms with Crippen LogP contribution >= 0.6 is 0 Å². The molecule has 166 valence electrons. The Bertz CT molecular complexity index is 690. The quantitative estimate of drug-likeness (QED) is 0.204. The van der Waals surface area contributed by atoms with E-state index >= 15 is 0 Å². The molecule has 4 nitrogen and oxygen atoms in total. The molecule has 2 aromatic carbocycles. The van der Waals surface area contributed by atoms with E-state index < -0.39 is 11.9 Å². The second-order valence-corrected chi connectivity index (χ2v) is 10.9. The van der Waals surface area contributed by atoms with Gasteiger partial charge in [0.2, 0.25) is 0 Å². The van der Waals surface area contributed by atoms with E-state index in [-0.39, 0.29) is 21.1 Å². The molecule has 0 unspecified atom stereocenters. The number of benzene rings is 2. The fourth-order valence-corrected chi connectivity index (χ4v) is 6.35. The molecule has 2 N–H and O–H groups in total. The zero-order valence-electron chi connectivity index (χ0n) is 18.5. The molecular weight excluding hydrogens is 495 g/mol. The van der Waals surface area contributed by atoms with E-state index in [4.69, 9.17) is 10.2 Å². The van der Waals surface area contributed by atoms with Crippen LogP contribution in [0.1, 0.15) is 50.7 Å². The first-order chi connectivity index (χ1) is 15.0. The van der Waals surface area contributed by atoms with Gasteiger partial charge < -0.3 is 10.2 Å². The third-order valence-corrected chi connectivity index (χ3v) is 7.89. The Kier molecular flexibility index (Phi) is 19.3. The monoisotopic (exact) mass is 530 g/mol. The Morgan fingerprint density at radius 1 is 0.710 bits per heavy atom. The van der Waals surface area contributed by atoms with Gasteiger partial charge in [0.15, 0.2) is 0 Å². The first-order valence-corrected chi connectivity index (χ1v) is 14.7. The van der Waals surface area contributed by atoms with Gasteiger partial charge in [0.25, 0.3) is 0 Å². The van der Waals surface area contributed by atoms with Crippen molar-refractivity contribution in [2.75, 3.05) is 0 Å². The van der Waals surface area contributed by atoms with Gasteiger partial charge in [0.1, 0.15) is 0 Å². The van der Waals surface area contributed by atoms with Gasteiger partial charge in [-0.15, -0.1) is 0 Å². The van der Waals surface area contributed by atoms with Crippen LogP contribution in [0.15, 0.2) is 72.8 Å². The fraction of sp³-hybridized carbons (Fsp3) is 0.308. The molecule has 2 radical (unpaired) electrons. The molecule has 0 aliphatic carbocycles. The topological polar surface area (TPSA) is 74.6 Å². The molecule has 0 saturated heterocycles. The van der Waals surface area contributed by atoms with Gasteiger partial charge in [-0.05, 0) is 23.3 Å². The number of carboxylic acids is 2. The summed E-state index contributed by atoms with van der Waals surface area (Å²) in [5.74, 6) is -1.84. The predicted molar refractivity (Wildman–Crippen MR) is 131 cm³/mol. The summed E-state index contributed by atoms with van der Waals surface area (Å²) in [4.78, 5) is 20.2. The Balaban J connectivity index is 0.000000439. The number of carboxylic acid groups (broad SMARTS) is 2. The molecule has 0 atom stereocenters. The summed E-state index contributed by atoms with van der Waals surface area (Å²) in [7, 11) is 0. The van der Waals surface area contributed by atoms with Crippen LogP contribution in [0.3, 0.4) is 0 Å². The molecule has 31 heavy (non-hydrogen) atoms. The van der Waals surface area contributed by atoms with Gasteiger partial charge >= 0.3 is 81.5 Å². The van der Waals surface area contributed by atoms with Crippen LogP contribution in [0.25, 0.3) is 12.2 Å². The van der Waals surface area contributed by atoms with Crippen molar-refractivity contribution in [1.29, 1.82) is 0 Å². The van der Waals surface area contributed by atoms with E-state index in [9.17, 15) is 9.59 Å². The SMILES string of the molecule is CCC[CH2][Sn][CH2]CCC.O=C(O)C=Cc1ccccc1.O=C(O)C=Cc1ccccc1. The number of carbonyl (C=O) groups is 2. The van der Waals surface area contributed by atoms with Crippen LogP contribution < -0.4 is 0 Å². The summed E-state index contributed by atoms with van der Waals surface area (Å²) in [6.45, 7) is 4.58. The average Bonchev–Trinajstić information content (AvgIpc) is 2.78. The molecule has 0 aliphatic heterocycles. The standard InChI is InChI=1S/2C9H8O2.2C4H9.Sn/c2*10-9(11)7-6-8-4-2-1-3-5-8;2*1-3-4-2;/h2*1-7H,(H,10,11);2*1,3-4H2,2H3;. The minimum atomic E-state index is -0.922. The van der Waals surface area contributed by atoms with Gasteiger partial charge in [-0.25, -0.2) is 9.59 Å². The molecule has 0 amide bonds. The minimum absolute atomic E-state index is 0.149. The zero-order valence-corrected chi connectivity index (χ0v) is 21.4. The van der Waals surface area contributed by atoms with Gasteiger partial charge in [-0.2, -0.15) is 0 Å². The molecule has 0 saturated carbocycles. The fourth-order valence-electron chi connectivity index (χ4n) is 2.19. The maximum absolute atomic E-state index is 10.1. The van der Waals surface area contributed by atoms with Crippen LogP contribution in [0.2, 0.25) is 8.87 Å².